The number of nitrogens with zero attached hydrogens (tertiary/aromatic N) is 3. The van der Waals surface area contributed by atoms with Crippen molar-refractivity contribution in [1.82, 2.24) is 9.88 Å². The third-order valence-electron chi connectivity index (χ3n) is 3.76. The Hall–Kier alpha value is -1.49. The number of rotatable bonds is 4. The summed E-state index contributed by atoms with van der Waals surface area (Å²) in [5.74, 6) is 1.37. The number of anilines is 3. The molecule has 2 rings (SSSR count). The van der Waals surface area contributed by atoms with Crippen molar-refractivity contribution in [2.24, 2.45) is 0 Å². The molecule has 1 aromatic heterocycles. The quantitative estimate of drug-likeness (QED) is 0.838. The van der Waals surface area contributed by atoms with Crippen molar-refractivity contribution < 1.29 is 0 Å². The zero-order valence-corrected chi connectivity index (χ0v) is 11.3. The van der Waals surface area contributed by atoms with Crippen molar-refractivity contribution in [1.29, 1.82) is 0 Å². The molecule has 1 saturated heterocycles. The highest BCUT2D eigenvalue weighted by atomic mass is 15.3. The van der Waals surface area contributed by atoms with Gasteiger partial charge in [0, 0.05) is 19.1 Å². The molecule has 0 bridgehead atoms. The fourth-order valence-corrected chi connectivity index (χ4v) is 2.64. The number of nitrogen functional groups attached to an aromatic ring is 2. The molecule has 5 heteroatoms. The second-order valence-electron chi connectivity index (χ2n) is 4.75. The van der Waals surface area contributed by atoms with Crippen molar-refractivity contribution >= 4 is 17.3 Å². The van der Waals surface area contributed by atoms with E-state index in [0.29, 0.717) is 17.5 Å². The van der Waals surface area contributed by atoms with E-state index in [2.05, 4.69) is 28.6 Å². The van der Waals surface area contributed by atoms with E-state index in [1.165, 1.54) is 6.42 Å². The van der Waals surface area contributed by atoms with E-state index >= 15 is 0 Å². The standard InChI is InChI=1S/C13H23N5/c1-3-17(4-2)10-7-8-18(9-10)12-6-5-11(14)13(15)16-12/h5-6,10H,3-4,7-9,14H2,1-2H3,(H2,15,16). The SMILES string of the molecule is CCN(CC)C1CCN(c2ccc(N)c(N)n2)C1. The molecule has 100 valence electrons. The maximum atomic E-state index is 5.76. The third-order valence-corrected chi connectivity index (χ3v) is 3.76. The number of aromatic nitrogens is 1. The zero-order valence-electron chi connectivity index (χ0n) is 11.3. The predicted octanol–water partition coefficient (Wildman–Crippen LogP) is 1.17. The van der Waals surface area contributed by atoms with Crippen molar-refractivity contribution in [2.45, 2.75) is 26.3 Å². The van der Waals surface area contributed by atoms with Gasteiger partial charge in [-0.15, -0.1) is 0 Å². The predicted molar refractivity (Wildman–Crippen MR) is 76.6 cm³/mol. The molecule has 0 saturated carbocycles. The molecule has 2 heterocycles. The minimum Gasteiger partial charge on any atom is -0.396 e. The zero-order chi connectivity index (χ0) is 13.1. The summed E-state index contributed by atoms with van der Waals surface area (Å²) in [5, 5.41) is 0. The number of pyridine rings is 1. The van der Waals surface area contributed by atoms with E-state index in [1.54, 1.807) is 0 Å². The van der Waals surface area contributed by atoms with Crippen molar-refractivity contribution in [3.05, 3.63) is 12.1 Å². The Bertz CT molecular complexity index is 402. The Balaban J connectivity index is 2.06. The first-order chi connectivity index (χ1) is 8.65. The summed E-state index contributed by atoms with van der Waals surface area (Å²) in [5.41, 5.74) is 12.0. The van der Waals surface area contributed by atoms with Gasteiger partial charge in [0.25, 0.3) is 0 Å². The molecule has 0 amide bonds. The van der Waals surface area contributed by atoms with Crippen molar-refractivity contribution in [3.8, 4) is 0 Å². The van der Waals surface area contributed by atoms with Crippen molar-refractivity contribution in [3.63, 3.8) is 0 Å². The lowest BCUT2D eigenvalue weighted by Crippen LogP contribution is -2.37. The molecular formula is C13H23N5. The van der Waals surface area contributed by atoms with Crippen LogP contribution in [0.5, 0.6) is 0 Å². The van der Waals surface area contributed by atoms with Gasteiger partial charge in [0.2, 0.25) is 0 Å². The van der Waals surface area contributed by atoms with Gasteiger partial charge in [0.05, 0.1) is 5.69 Å². The summed E-state index contributed by atoms with van der Waals surface area (Å²) in [4.78, 5) is 9.15. The highest BCUT2D eigenvalue weighted by Crippen LogP contribution is 2.24. The van der Waals surface area contributed by atoms with Crippen LogP contribution >= 0.6 is 0 Å². The van der Waals surface area contributed by atoms with E-state index in [9.17, 15) is 0 Å². The van der Waals surface area contributed by atoms with Crippen LogP contribution in [0.4, 0.5) is 17.3 Å². The summed E-state index contributed by atoms with van der Waals surface area (Å²) < 4.78 is 0. The Kier molecular flexibility index (Phi) is 3.91. The first-order valence-corrected chi connectivity index (χ1v) is 6.66. The van der Waals surface area contributed by atoms with Gasteiger partial charge in [-0.2, -0.15) is 0 Å². The van der Waals surface area contributed by atoms with Crippen LogP contribution in [-0.4, -0.2) is 42.1 Å². The van der Waals surface area contributed by atoms with E-state index in [0.717, 1.165) is 32.0 Å². The molecule has 1 aliphatic heterocycles. The van der Waals surface area contributed by atoms with Crippen molar-refractivity contribution in [2.75, 3.05) is 42.5 Å². The Morgan fingerprint density at radius 1 is 1.33 bits per heavy atom. The van der Waals surface area contributed by atoms with Crippen LogP contribution in [0.3, 0.4) is 0 Å². The summed E-state index contributed by atoms with van der Waals surface area (Å²) in [7, 11) is 0. The van der Waals surface area contributed by atoms with Crippen LogP contribution in [0.1, 0.15) is 20.3 Å². The van der Waals surface area contributed by atoms with Gasteiger partial charge in [-0.05, 0) is 31.6 Å². The molecule has 0 aliphatic carbocycles. The van der Waals surface area contributed by atoms with Gasteiger partial charge < -0.3 is 16.4 Å². The fourth-order valence-electron chi connectivity index (χ4n) is 2.64. The molecule has 5 nitrogen and oxygen atoms in total. The molecule has 1 fully saturated rings. The normalized spacial score (nSPS) is 19.7. The third kappa shape index (κ3) is 2.51. The smallest absolute Gasteiger partial charge is 0.149 e. The molecule has 1 unspecified atom stereocenters. The topological polar surface area (TPSA) is 71.4 Å². The second-order valence-corrected chi connectivity index (χ2v) is 4.75. The van der Waals surface area contributed by atoms with Crippen LogP contribution in [0.2, 0.25) is 0 Å². The van der Waals surface area contributed by atoms with E-state index in [-0.39, 0.29) is 0 Å². The fraction of sp³-hybridized carbons (Fsp3) is 0.615. The Morgan fingerprint density at radius 2 is 2.06 bits per heavy atom. The molecule has 1 atom stereocenters. The first kappa shape index (κ1) is 13.0. The number of hydrogen-bond acceptors (Lipinski definition) is 5. The average Bonchev–Trinajstić information content (AvgIpc) is 2.84. The van der Waals surface area contributed by atoms with E-state index in [4.69, 9.17) is 11.5 Å². The van der Waals surface area contributed by atoms with Gasteiger partial charge >= 0.3 is 0 Å². The molecule has 18 heavy (non-hydrogen) atoms. The Labute approximate surface area is 109 Å². The van der Waals surface area contributed by atoms with Crippen LogP contribution in [-0.2, 0) is 0 Å². The highest BCUT2D eigenvalue weighted by molar-refractivity contribution is 5.62. The van der Waals surface area contributed by atoms with Crippen LogP contribution in [0, 0.1) is 0 Å². The van der Waals surface area contributed by atoms with Crippen LogP contribution < -0.4 is 16.4 Å². The highest BCUT2D eigenvalue weighted by Gasteiger charge is 2.26. The van der Waals surface area contributed by atoms with Gasteiger partial charge in [0.15, 0.2) is 0 Å². The lowest BCUT2D eigenvalue weighted by atomic mass is 10.2. The lowest BCUT2D eigenvalue weighted by Gasteiger charge is -2.26. The summed E-state index contributed by atoms with van der Waals surface area (Å²) in [6.45, 7) is 8.70. The average molecular weight is 249 g/mol. The van der Waals surface area contributed by atoms with Gasteiger partial charge in [-0.25, -0.2) is 4.98 Å². The minimum atomic E-state index is 0.429. The molecule has 0 aromatic carbocycles. The Morgan fingerprint density at radius 3 is 2.67 bits per heavy atom. The van der Waals surface area contributed by atoms with Crippen LogP contribution in [0.15, 0.2) is 12.1 Å². The van der Waals surface area contributed by atoms with Crippen LogP contribution in [0.25, 0.3) is 0 Å². The van der Waals surface area contributed by atoms with Gasteiger partial charge in [-0.1, -0.05) is 13.8 Å². The molecule has 0 radical (unpaired) electrons. The van der Waals surface area contributed by atoms with E-state index in [1.807, 2.05) is 12.1 Å². The van der Waals surface area contributed by atoms with Gasteiger partial charge in [-0.3, -0.25) is 4.90 Å². The summed E-state index contributed by atoms with van der Waals surface area (Å²) in [6.07, 6.45) is 1.19. The molecule has 4 N–H and O–H groups in total. The molecular weight excluding hydrogens is 226 g/mol. The van der Waals surface area contributed by atoms with E-state index < -0.39 is 0 Å². The molecule has 1 aliphatic rings. The maximum Gasteiger partial charge on any atom is 0.149 e. The summed E-state index contributed by atoms with van der Waals surface area (Å²) >= 11 is 0. The van der Waals surface area contributed by atoms with Gasteiger partial charge in [0.1, 0.15) is 11.6 Å². The number of hydrogen-bond donors (Lipinski definition) is 2. The lowest BCUT2D eigenvalue weighted by molar-refractivity contribution is 0.232. The monoisotopic (exact) mass is 249 g/mol. The largest absolute Gasteiger partial charge is 0.396 e. The maximum absolute atomic E-state index is 5.76. The second kappa shape index (κ2) is 5.44. The first-order valence-electron chi connectivity index (χ1n) is 6.66. The summed E-state index contributed by atoms with van der Waals surface area (Å²) in [6, 6.07) is 4.42. The molecule has 1 aromatic rings. The minimum absolute atomic E-state index is 0.429. The number of nitrogens with two attached hydrogens (primary N) is 2. The number of likely N-dealkylation sites (N-methyl/N-ethyl adjacent to an activating group) is 1. The molecule has 0 spiro atoms.